The van der Waals surface area contributed by atoms with Crippen molar-refractivity contribution in [3.8, 4) is 11.4 Å². The molecule has 88 valence electrons. The second-order valence-electron chi connectivity index (χ2n) is 4.18. The van der Waals surface area contributed by atoms with Gasteiger partial charge in [0.1, 0.15) is 5.82 Å². The van der Waals surface area contributed by atoms with Gasteiger partial charge in [0.2, 0.25) is 0 Å². The van der Waals surface area contributed by atoms with Gasteiger partial charge in [0.05, 0.1) is 6.54 Å². The van der Waals surface area contributed by atoms with E-state index >= 15 is 0 Å². The fraction of sp³-hybridized carbons (Fsp3) is 0.333. The first-order valence-electron chi connectivity index (χ1n) is 5.65. The van der Waals surface area contributed by atoms with Crippen LogP contribution in [0.1, 0.15) is 11.4 Å². The molecule has 1 aliphatic heterocycles. The lowest BCUT2D eigenvalue weighted by atomic mass is 10.1. The largest absolute Gasteiger partial charge is 0.309 e. The zero-order valence-corrected chi connectivity index (χ0v) is 10.3. The molecule has 5 heteroatoms. The molecule has 2 heterocycles. The van der Waals surface area contributed by atoms with Crippen LogP contribution in [0.15, 0.2) is 18.2 Å². The quantitative estimate of drug-likeness (QED) is 0.840. The molecule has 0 aliphatic carbocycles. The number of nitrogens with one attached hydrogen (secondary N) is 1. The summed E-state index contributed by atoms with van der Waals surface area (Å²) in [6, 6.07) is 5.89. The molecule has 1 aromatic heterocycles. The Labute approximate surface area is 105 Å². The Morgan fingerprint density at radius 3 is 3.12 bits per heavy atom. The van der Waals surface area contributed by atoms with Crippen molar-refractivity contribution in [1.29, 1.82) is 0 Å². The van der Waals surface area contributed by atoms with Crippen molar-refractivity contribution in [3.05, 3.63) is 34.6 Å². The lowest BCUT2D eigenvalue weighted by Crippen LogP contribution is -2.28. The summed E-state index contributed by atoms with van der Waals surface area (Å²) in [5.74, 6) is 1.91. The number of halogens is 1. The highest BCUT2D eigenvalue weighted by Gasteiger charge is 2.18. The van der Waals surface area contributed by atoms with Crippen LogP contribution in [0, 0.1) is 6.92 Å². The van der Waals surface area contributed by atoms with Crippen molar-refractivity contribution in [2.24, 2.45) is 0 Å². The summed E-state index contributed by atoms with van der Waals surface area (Å²) in [6.07, 6.45) is 0. The molecule has 0 bridgehead atoms. The molecule has 0 unspecified atom stereocenters. The Kier molecular flexibility index (Phi) is 2.61. The maximum Gasteiger partial charge on any atom is 0.164 e. The topological polar surface area (TPSA) is 42.7 Å². The van der Waals surface area contributed by atoms with E-state index in [9.17, 15) is 0 Å². The molecule has 17 heavy (non-hydrogen) atoms. The van der Waals surface area contributed by atoms with E-state index in [0.29, 0.717) is 0 Å². The summed E-state index contributed by atoms with van der Waals surface area (Å²) >= 11 is 6.14. The number of aromatic nitrogens is 3. The summed E-state index contributed by atoms with van der Waals surface area (Å²) in [5.41, 5.74) is 2.13. The molecular weight excluding hydrogens is 236 g/mol. The van der Waals surface area contributed by atoms with E-state index in [4.69, 9.17) is 11.6 Å². The van der Waals surface area contributed by atoms with E-state index in [-0.39, 0.29) is 0 Å². The van der Waals surface area contributed by atoms with Gasteiger partial charge in [-0.2, -0.15) is 0 Å². The minimum atomic E-state index is 0.772. The van der Waals surface area contributed by atoms with Gasteiger partial charge >= 0.3 is 0 Å². The number of hydrogen-bond acceptors (Lipinski definition) is 3. The lowest BCUT2D eigenvalue weighted by Gasteiger charge is -2.16. The molecule has 0 radical (unpaired) electrons. The van der Waals surface area contributed by atoms with Gasteiger partial charge in [-0.05, 0) is 18.6 Å². The number of rotatable bonds is 1. The van der Waals surface area contributed by atoms with E-state index in [2.05, 4.69) is 20.1 Å². The summed E-state index contributed by atoms with van der Waals surface area (Å²) in [7, 11) is 0. The molecule has 1 aliphatic rings. The maximum atomic E-state index is 6.14. The predicted molar refractivity (Wildman–Crippen MR) is 66.9 cm³/mol. The third-order valence-electron chi connectivity index (χ3n) is 3.13. The van der Waals surface area contributed by atoms with Gasteiger partial charge in [-0.1, -0.05) is 23.7 Å². The van der Waals surface area contributed by atoms with Gasteiger partial charge in [-0.3, -0.25) is 0 Å². The van der Waals surface area contributed by atoms with Crippen molar-refractivity contribution >= 4 is 11.6 Å². The molecule has 0 atom stereocenters. The fourth-order valence-electron chi connectivity index (χ4n) is 2.14. The van der Waals surface area contributed by atoms with Gasteiger partial charge in [-0.25, -0.2) is 0 Å². The number of fused-ring (bicyclic) bond motifs is 1. The van der Waals surface area contributed by atoms with Crippen LogP contribution < -0.4 is 5.32 Å². The smallest absolute Gasteiger partial charge is 0.164 e. The first-order chi connectivity index (χ1) is 8.27. The fourth-order valence-corrected chi connectivity index (χ4v) is 2.32. The number of benzene rings is 1. The first-order valence-corrected chi connectivity index (χ1v) is 6.03. The van der Waals surface area contributed by atoms with Crippen molar-refractivity contribution in [3.63, 3.8) is 0 Å². The molecule has 0 amide bonds. The Hall–Kier alpha value is -1.39. The van der Waals surface area contributed by atoms with Crippen LogP contribution in [-0.4, -0.2) is 21.3 Å². The Morgan fingerprint density at radius 1 is 1.35 bits per heavy atom. The third-order valence-corrected chi connectivity index (χ3v) is 3.54. The first kappa shape index (κ1) is 10.7. The standard InChI is InChI=1S/C12H13ClN4/c1-8-9(3-2-4-10(8)13)12-16-15-11-7-14-5-6-17(11)12/h2-4,14H,5-7H2,1H3. The zero-order chi connectivity index (χ0) is 11.8. The van der Waals surface area contributed by atoms with Gasteiger partial charge in [0.15, 0.2) is 5.82 Å². The highest BCUT2D eigenvalue weighted by atomic mass is 35.5. The minimum absolute atomic E-state index is 0.772. The predicted octanol–water partition coefficient (Wildman–Crippen LogP) is 2.01. The summed E-state index contributed by atoms with van der Waals surface area (Å²) in [4.78, 5) is 0. The molecule has 3 rings (SSSR count). The van der Waals surface area contributed by atoms with Gasteiger partial charge in [-0.15, -0.1) is 10.2 Å². The average molecular weight is 249 g/mol. The van der Waals surface area contributed by atoms with Crippen molar-refractivity contribution in [2.45, 2.75) is 20.0 Å². The Balaban J connectivity index is 2.15. The SMILES string of the molecule is Cc1c(Cl)cccc1-c1nnc2n1CCNC2. The maximum absolute atomic E-state index is 6.14. The van der Waals surface area contributed by atoms with Crippen LogP contribution in [-0.2, 0) is 13.1 Å². The van der Waals surface area contributed by atoms with E-state index < -0.39 is 0 Å². The van der Waals surface area contributed by atoms with Crippen LogP contribution in [0.3, 0.4) is 0 Å². The van der Waals surface area contributed by atoms with Crippen LogP contribution in [0.5, 0.6) is 0 Å². The molecule has 1 N–H and O–H groups in total. The highest BCUT2D eigenvalue weighted by molar-refractivity contribution is 6.31. The van der Waals surface area contributed by atoms with Gasteiger partial charge < -0.3 is 9.88 Å². The van der Waals surface area contributed by atoms with E-state index in [1.807, 2.05) is 25.1 Å². The molecule has 0 saturated carbocycles. The molecule has 0 saturated heterocycles. The van der Waals surface area contributed by atoms with Crippen molar-refractivity contribution in [1.82, 2.24) is 20.1 Å². The Morgan fingerprint density at radius 2 is 2.24 bits per heavy atom. The van der Waals surface area contributed by atoms with Gasteiger partial charge in [0.25, 0.3) is 0 Å². The summed E-state index contributed by atoms with van der Waals surface area (Å²) in [6.45, 7) is 4.66. The molecule has 2 aromatic rings. The molecule has 0 fully saturated rings. The second-order valence-corrected chi connectivity index (χ2v) is 4.59. The molecule has 4 nitrogen and oxygen atoms in total. The lowest BCUT2D eigenvalue weighted by molar-refractivity contribution is 0.508. The van der Waals surface area contributed by atoms with Crippen molar-refractivity contribution in [2.75, 3.05) is 6.54 Å². The molecular formula is C12H13ClN4. The van der Waals surface area contributed by atoms with E-state index in [1.54, 1.807) is 0 Å². The Bertz CT molecular complexity index is 562. The van der Waals surface area contributed by atoms with Crippen LogP contribution >= 0.6 is 11.6 Å². The van der Waals surface area contributed by atoms with E-state index in [1.165, 1.54) is 0 Å². The number of nitrogens with zero attached hydrogens (tertiary/aromatic N) is 3. The van der Waals surface area contributed by atoms with Crippen LogP contribution in [0.4, 0.5) is 0 Å². The van der Waals surface area contributed by atoms with E-state index in [0.717, 1.165) is 47.4 Å². The molecule has 0 spiro atoms. The second kappa shape index (κ2) is 4.13. The van der Waals surface area contributed by atoms with Crippen LogP contribution in [0.2, 0.25) is 5.02 Å². The zero-order valence-electron chi connectivity index (χ0n) is 9.57. The average Bonchev–Trinajstić information content (AvgIpc) is 2.77. The highest BCUT2D eigenvalue weighted by Crippen LogP contribution is 2.27. The third kappa shape index (κ3) is 1.73. The normalized spacial score (nSPS) is 14.7. The number of hydrogen-bond donors (Lipinski definition) is 1. The van der Waals surface area contributed by atoms with Gasteiger partial charge in [0, 0.05) is 23.7 Å². The summed E-state index contributed by atoms with van der Waals surface area (Å²) in [5, 5.41) is 12.5. The van der Waals surface area contributed by atoms with Crippen molar-refractivity contribution < 1.29 is 0 Å². The molecule has 1 aromatic carbocycles. The minimum Gasteiger partial charge on any atom is -0.309 e. The monoisotopic (exact) mass is 248 g/mol. The summed E-state index contributed by atoms with van der Waals surface area (Å²) < 4.78 is 2.16. The van der Waals surface area contributed by atoms with Crippen LogP contribution in [0.25, 0.3) is 11.4 Å².